The number of ether oxygens (including phenoxy) is 1. The smallest absolute Gasteiger partial charge is 0.138 e. The van der Waals surface area contributed by atoms with Gasteiger partial charge in [0.05, 0.1) is 11.1 Å². The topological polar surface area (TPSA) is 22.1 Å². The first-order valence-corrected chi connectivity index (χ1v) is 3.57. The Labute approximate surface area is 57.2 Å². The average molecular weight is 138 g/mol. The molecule has 0 bridgehead atoms. The zero-order valence-electron chi connectivity index (χ0n) is 4.63. The van der Waals surface area contributed by atoms with E-state index in [4.69, 9.17) is 4.74 Å². The average Bonchev–Trinajstić information content (AvgIpc) is 2.33. The number of rotatable bonds is 0. The molecule has 2 heterocycles. The maximum Gasteiger partial charge on any atom is 0.138 e. The Morgan fingerprint density at radius 2 is 2.78 bits per heavy atom. The third-order valence-corrected chi connectivity index (χ3v) is 1.98. The van der Waals surface area contributed by atoms with E-state index in [1.54, 1.807) is 24.0 Å². The molecule has 1 aromatic rings. The quantitative estimate of drug-likeness (QED) is 0.540. The summed E-state index contributed by atoms with van der Waals surface area (Å²) in [5.74, 6) is 1.63. The van der Waals surface area contributed by atoms with E-state index in [1.807, 2.05) is 0 Å². The predicted octanol–water partition coefficient (Wildman–Crippen LogP) is 1.32. The van der Waals surface area contributed by atoms with Crippen LogP contribution in [-0.2, 0) is 0 Å². The van der Waals surface area contributed by atoms with Gasteiger partial charge in [-0.05, 0) is 0 Å². The van der Waals surface area contributed by atoms with E-state index in [9.17, 15) is 0 Å². The fourth-order valence-electron chi connectivity index (χ4n) is 0.704. The first kappa shape index (κ1) is 5.11. The van der Waals surface area contributed by atoms with Crippen molar-refractivity contribution in [2.75, 3.05) is 5.94 Å². The van der Waals surface area contributed by atoms with Crippen LogP contribution in [0.25, 0.3) is 0 Å². The lowest BCUT2D eigenvalue weighted by molar-refractivity contribution is 0.397. The van der Waals surface area contributed by atoms with Gasteiger partial charge in [0.25, 0.3) is 0 Å². The fourth-order valence-corrected chi connectivity index (χ4v) is 1.40. The number of aromatic nitrogens is 1. The Balaban J connectivity index is 2.54. The number of nitrogens with zero attached hydrogens (tertiary/aromatic N) is 1. The van der Waals surface area contributed by atoms with E-state index in [0.29, 0.717) is 0 Å². The van der Waals surface area contributed by atoms with E-state index in [0.717, 1.165) is 16.6 Å². The summed E-state index contributed by atoms with van der Waals surface area (Å²) in [4.78, 5) is 4.95. The van der Waals surface area contributed by atoms with Crippen LogP contribution in [0, 0.1) is 6.20 Å². The van der Waals surface area contributed by atoms with Crippen molar-refractivity contribution in [3.63, 3.8) is 0 Å². The fraction of sp³-hybridized carbons (Fsp3) is 0.167. The molecule has 0 spiro atoms. The van der Waals surface area contributed by atoms with Crippen molar-refractivity contribution in [2.45, 2.75) is 4.90 Å². The van der Waals surface area contributed by atoms with Crippen LogP contribution in [0.3, 0.4) is 0 Å². The monoisotopic (exact) mass is 138 g/mol. The first-order valence-electron chi connectivity index (χ1n) is 2.58. The van der Waals surface area contributed by atoms with Crippen LogP contribution in [0.1, 0.15) is 0 Å². The molecule has 9 heavy (non-hydrogen) atoms. The van der Waals surface area contributed by atoms with Crippen molar-refractivity contribution in [1.82, 2.24) is 4.98 Å². The summed E-state index contributed by atoms with van der Waals surface area (Å²) in [6, 6.07) is 1.76. The van der Waals surface area contributed by atoms with E-state index in [1.165, 1.54) is 0 Å². The van der Waals surface area contributed by atoms with Crippen molar-refractivity contribution in [1.29, 1.82) is 0 Å². The molecule has 1 aliphatic heterocycles. The molecule has 0 saturated carbocycles. The van der Waals surface area contributed by atoms with E-state index in [-0.39, 0.29) is 0 Å². The summed E-state index contributed by atoms with van der Waals surface area (Å²) in [5.41, 5.74) is 0. The number of thioether (sulfide) groups is 1. The highest BCUT2D eigenvalue weighted by Gasteiger charge is 2.10. The highest BCUT2D eigenvalue weighted by Crippen LogP contribution is 2.34. The van der Waals surface area contributed by atoms with Gasteiger partial charge in [-0.15, -0.1) is 0 Å². The summed E-state index contributed by atoms with van der Waals surface area (Å²) in [7, 11) is 0. The van der Waals surface area contributed by atoms with E-state index in [2.05, 4.69) is 11.2 Å². The van der Waals surface area contributed by atoms with Crippen LogP contribution in [0.4, 0.5) is 0 Å². The van der Waals surface area contributed by atoms with Crippen LogP contribution in [0.2, 0.25) is 0 Å². The normalized spacial score (nSPS) is 14.7. The van der Waals surface area contributed by atoms with Gasteiger partial charge in [0, 0.05) is 12.3 Å². The molecule has 1 radical (unpaired) electrons. The highest BCUT2D eigenvalue weighted by atomic mass is 32.2. The lowest BCUT2D eigenvalue weighted by atomic mass is 10.5. The van der Waals surface area contributed by atoms with Crippen molar-refractivity contribution >= 4 is 11.8 Å². The largest absolute Gasteiger partial charge is 0.481 e. The van der Waals surface area contributed by atoms with Gasteiger partial charge in [0.2, 0.25) is 0 Å². The summed E-state index contributed by atoms with van der Waals surface area (Å²) in [5, 5.41) is 0. The predicted molar refractivity (Wildman–Crippen MR) is 34.4 cm³/mol. The lowest BCUT2D eigenvalue weighted by Gasteiger charge is -1.91. The van der Waals surface area contributed by atoms with Crippen molar-refractivity contribution in [3.8, 4) is 5.75 Å². The summed E-state index contributed by atoms with van der Waals surface area (Å²) < 4.78 is 5.19. The molecule has 0 aromatic carbocycles. The Morgan fingerprint density at radius 3 is 3.67 bits per heavy atom. The number of pyridine rings is 1. The molecule has 2 rings (SSSR count). The van der Waals surface area contributed by atoms with Crippen LogP contribution < -0.4 is 4.74 Å². The molecule has 0 unspecified atom stereocenters. The molecule has 0 amide bonds. The van der Waals surface area contributed by atoms with Gasteiger partial charge >= 0.3 is 0 Å². The molecule has 45 valence electrons. The number of hydrogen-bond donors (Lipinski definition) is 0. The molecule has 1 aromatic heterocycles. The van der Waals surface area contributed by atoms with Gasteiger partial charge in [-0.2, -0.15) is 0 Å². The van der Waals surface area contributed by atoms with Crippen molar-refractivity contribution < 1.29 is 4.74 Å². The van der Waals surface area contributed by atoms with Crippen molar-refractivity contribution in [2.24, 2.45) is 0 Å². The van der Waals surface area contributed by atoms with Gasteiger partial charge in [0.1, 0.15) is 11.7 Å². The molecular weight excluding hydrogens is 134 g/mol. The Kier molecular flexibility index (Phi) is 1.09. The summed E-state index contributed by atoms with van der Waals surface area (Å²) >= 11 is 1.66. The van der Waals surface area contributed by atoms with Gasteiger partial charge in [-0.1, -0.05) is 11.8 Å². The van der Waals surface area contributed by atoms with Crippen LogP contribution in [-0.4, -0.2) is 10.9 Å². The van der Waals surface area contributed by atoms with Gasteiger partial charge in [-0.25, -0.2) is 0 Å². The molecule has 0 atom stereocenters. The molecule has 1 aliphatic rings. The molecule has 3 heteroatoms. The number of fused-ring (bicyclic) bond motifs is 1. The second-order valence-electron chi connectivity index (χ2n) is 1.67. The third kappa shape index (κ3) is 0.772. The molecule has 0 saturated heterocycles. The molecule has 0 aliphatic carbocycles. The summed E-state index contributed by atoms with van der Waals surface area (Å²) in [6.07, 6.45) is 4.48. The second kappa shape index (κ2) is 1.92. The SMILES string of the molecule is [c]1cc2c(cn1)SCO2. The van der Waals surface area contributed by atoms with Gasteiger partial charge in [0.15, 0.2) is 0 Å². The summed E-state index contributed by atoms with van der Waals surface area (Å²) in [6.45, 7) is 0. The Morgan fingerprint density at radius 1 is 1.78 bits per heavy atom. The minimum atomic E-state index is 0.717. The van der Waals surface area contributed by atoms with Crippen LogP contribution in [0.5, 0.6) is 5.75 Å². The molecule has 2 nitrogen and oxygen atoms in total. The van der Waals surface area contributed by atoms with E-state index < -0.39 is 0 Å². The molecule has 0 N–H and O–H groups in total. The minimum Gasteiger partial charge on any atom is -0.481 e. The van der Waals surface area contributed by atoms with E-state index >= 15 is 0 Å². The minimum absolute atomic E-state index is 0.717. The van der Waals surface area contributed by atoms with Gasteiger partial charge < -0.3 is 4.74 Å². The van der Waals surface area contributed by atoms with Gasteiger partial charge in [-0.3, -0.25) is 4.98 Å². The third-order valence-electron chi connectivity index (χ3n) is 1.12. The maximum atomic E-state index is 5.19. The zero-order valence-corrected chi connectivity index (χ0v) is 5.44. The zero-order chi connectivity index (χ0) is 6.10. The Hall–Kier alpha value is -0.700. The lowest BCUT2D eigenvalue weighted by Crippen LogP contribution is -1.81. The molecular formula is C6H4NOS. The first-order chi connectivity index (χ1) is 4.47. The Bertz CT molecular complexity index is 203. The van der Waals surface area contributed by atoms with Crippen LogP contribution in [0.15, 0.2) is 17.2 Å². The maximum absolute atomic E-state index is 5.19. The standard InChI is InChI=1S/C6H4NOS/c1-2-7-3-6-5(1)8-4-9-6/h1,3H,4H2. The highest BCUT2D eigenvalue weighted by molar-refractivity contribution is 7.99. The second-order valence-corrected chi connectivity index (χ2v) is 2.63. The van der Waals surface area contributed by atoms with Crippen LogP contribution >= 0.6 is 11.8 Å². The van der Waals surface area contributed by atoms with Crippen molar-refractivity contribution in [3.05, 3.63) is 18.5 Å². The molecule has 0 fully saturated rings. The number of hydrogen-bond acceptors (Lipinski definition) is 3.